The molecule has 112 valence electrons. The SMILES string of the molecule is Cc1ccccc1N1CCN(Cc2cncn2C)[C@@H](C)C1. The van der Waals surface area contributed by atoms with E-state index in [0.29, 0.717) is 6.04 Å². The van der Waals surface area contributed by atoms with Crippen molar-refractivity contribution in [3.63, 3.8) is 0 Å². The topological polar surface area (TPSA) is 24.3 Å². The molecule has 1 fully saturated rings. The summed E-state index contributed by atoms with van der Waals surface area (Å²) in [6.45, 7) is 8.78. The average Bonchev–Trinajstić information content (AvgIpc) is 2.87. The van der Waals surface area contributed by atoms with Gasteiger partial charge >= 0.3 is 0 Å². The number of rotatable bonds is 3. The Bertz CT molecular complexity index is 604. The molecule has 1 aliphatic rings. The van der Waals surface area contributed by atoms with Crippen LogP contribution in [0.1, 0.15) is 18.2 Å². The van der Waals surface area contributed by atoms with Gasteiger partial charge in [-0.15, -0.1) is 0 Å². The van der Waals surface area contributed by atoms with Crippen LogP contribution in [0.2, 0.25) is 0 Å². The first kappa shape index (κ1) is 14.1. The Morgan fingerprint density at radius 3 is 2.71 bits per heavy atom. The summed E-state index contributed by atoms with van der Waals surface area (Å²) in [5.41, 5.74) is 4.03. The molecule has 4 nitrogen and oxygen atoms in total. The lowest BCUT2D eigenvalue weighted by Gasteiger charge is -2.41. The summed E-state index contributed by atoms with van der Waals surface area (Å²) in [6, 6.07) is 9.23. The number of benzene rings is 1. The molecule has 1 atom stereocenters. The Labute approximate surface area is 127 Å². The van der Waals surface area contributed by atoms with Crippen molar-refractivity contribution in [3.05, 3.63) is 48.0 Å². The highest BCUT2D eigenvalue weighted by Crippen LogP contribution is 2.23. The van der Waals surface area contributed by atoms with E-state index in [0.717, 1.165) is 26.2 Å². The van der Waals surface area contributed by atoms with Gasteiger partial charge in [0, 0.05) is 51.2 Å². The second-order valence-electron chi connectivity index (χ2n) is 6.05. The van der Waals surface area contributed by atoms with Crippen LogP contribution in [0.3, 0.4) is 0 Å². The minimum Gasteiger partial charge on any atom is -0.368 e. The van der Waals surface area contributed by atoms with Gasteiger partial charge in [-0.05, 0) is 25.5 Å². The second-order valence-corrected chi connectivity index (χ2v) is 6.05. The minimum absolute atomic E-state index is 0.549. The van der Waals surface area contributed by atoms with Crippen LogP contribution in [0.25, 0.3) is 0 Å². The molecule has 3 rings (SSSR count). The van der Waals surface area contributed by atoms with Crippen LogP contribution in [0, 0.1) is 6.92 Å². The fraction of sp³-hybridized carbons (Fsp3) is 0.471. The summed E-state index contributed by atoms with van der Waals surface area (Å²) < 4.78 is 2.11. The Morgan fingerprint density at radius 2 is 2.05 bits per heavy atom. The van der Waals surface area contributed by atoms with Gasteiger partial charge in [-0.1, -0.05) is 18.2 Å². The lowest BCUT2D eigenvalue weighted by molar-refractivity contribution is 0.177. The first-order valence-corrected chi connectivity index (χ1v) is 7.65. The van der Waals surface area contributed by atoms with E-state index in [1.165, 1.54) is 16.9 Å². The van der Waals surface area contributed by atoms with E-state index in [1.807, 2.05) is 12.5 Å². The summed E-state index contributed by atoms with van der Waals surface area (Å²) in [5, 5.41) is 0. The molecular weight excluding hydrogens is 260 g/mol. The lowest BCUT2D eigenvalue weighted by Crippen LogP contribution is -2.51. The largest absolute Gasteiger partial charge is 0.368 e. The summed E-state index contributed by atoms with van der Waals surface area (Å²) in [4.78, 5) is 9.27. The van der Waals surface area contributed by atoms with Gasteiger partial charge in [0.1, 0.15) is 0 Å². The van der Waals surface area contributed by atoms with E-state index in [-0.39, 0.29) is 0 Å². The van der Waals surface area contributed by atoms with Crippen molar-refractivity contribution in [3.8, 4) is 0 Å². The molecule has 0 radical (unpaired) electrons. The molecule has 1 aromatic heterocycles. The van der Waals surface area contributed by atoms with E-state index >= 15 is 0 Å². The van der Waals surface area contributed by atoms with E-state index in [4.69, 9.17) is 0 Å². The third kappa shape index (κ3) is 2.95. The number of aryl methyl sites for hydroxylation is 2. The molecule has 0 unspecified atom stereocenters. The number of piperazine rings is 1. The molecule has 0 aliphatic carbocycles. The molecule has 4 heteroatoms. The second kappa shape index (κ2) is 5.90. The fourth-order valence-corrected chi connectivity index (χ4v) is 3.11. The maximum Gasteiger partial charge on any atom is 0.0945 e. The van der Waals surface area contributed by atoms with E-state index in [1.54, 1.807) is 0 Å². The Balaban J connectivity index is 1.67. The van der Waals surface area contributed by atoms with Gasteiger partial charge in [-0.2, -0.15) is 0 Å². The van der Waals surface area contributed by atoms with Crippen molar-refractivity contribution in [1.82, 2.24) is 14.5 Å². The zero-order valence-electron chi connectivity index (χ0n) is 13.2. The summed E-state index contributed by atoms with van der Waals surface area (Å²) in [5.74, 6) is 0. The molecule has 2 heterocycles. The van der Waals surface area contributed by atoms with Crippen LogP contribution in [-0.2, 0) is 13.6 Å². The first-order chi connectivity index (χ1) is 10.1. The van der Waals surface area contributed by atoms with Crippen LogP contribution in [0.15, 0.2) is 36.8 Å². The molecule has 0 saturated carbocycles. The van der Waals surface area contributed by atoms with Crippen molar-refractivity contribution in [2.24, 2.45) is 7.05 Å². The molecule has 1 saturated heterocycles. The normalized spacial score (nSPS) is 20.0. The monoisotopic (exact) mass is 284 g/mol. The van der Waals surface area contributed by atoms with Crippen molar-refractivity contribution < 1.29 is 0 Å². The van der Waals surface area contributed by atoms with Crippen molar-refractivity contribution in [1.29, 1.82) is 0 Å². The molecule has 0 spiro atoms. The lowest BCUT2D eigenvalue weighted by atomic mass is 10.1. The number of anilines is 1. The van der Waals surface area contributed by atoms with Crippen LogP contribution in [0.5, 0.6) is 0 Å². The number of imidazole rings is 1. The summed E-state index contributed by atoms with van der Waals surface area (Å²) in [6.07, 6.45) is 3.85. The molecular formula is C17H24N4. The molecule has 1 aromatic carbocycles. The maximum absolute atomic E-state index is 4.21. The predicted molar refractivity (Wildman–Crippen MR) is 86.5 cm³/mol. The Morgan fingerprint density at radius 1 is 1.24 bits per heavy atom. The number of para-hydroxylation sites is 1. The van der Waals surface area contributed by atoms with Gasteiger partial charge in [0.05, 0.1) is 12.0 Å². The molecule has 0 bridgehead atoms. The average molecular weight is 284 g/mol. The van der Waals surface area contributed by atoms with Gasteiger partial charge in [-0.3, -0.25) is 4.90 Å². The summed E-state index contributed by atoms with van der Waals surface area (Å²) >= 11 is 0. The highest BCUT2D eigenvalue weighted by atomic mass is 15.3. The fourth-order valence-electron chi connectivity index (χ4n) is 3.11. The Kier molecular flexibility index (Phi) is 3.97. The highest BCUT2D eigenvalue weighted by molar-refractivity contribution is 5.53. The molecule has 2 aromatic rings. The van der Waals surface area contributed by atoms with Gasteiger partial charge in [-0.25, -0.2) is 4.98 Å². The quantitative estimate of drug-likeness (QED) is 0.865. The number of hydrogen-bond donors (Lipinski definition) is 0. The van der Waals surface area contributed by atoms with Crippen molar-refractivity contribution >= 4 is 5.69 Å². The van der Waals surface area contributed by atoms with Crippen LogP contribution in [-0.4, -0.2) is 40.1 Å². The zero-order chi connectivity index (χ0) is 14.8. The minimum atomic E-state index is 0.549. The van der Waals surface area contributed by atoms with Crippen LogP contribution < -0.4 is 4.90 Å². The van der Waals surface area contributed by atoms with Gasteiger partial charge < -0.3 is 9.47 Å². The predicted octanol–water partition coefficient (Wildman–Crippen LogP) is 2.44. The van der Waals surface area contributed by atoms with E-state index in [2.05, 4.69) is 64.5 Å². The van der Waals surface area contributed by atoms with Crippen molar-refractivity contribution in [2.45, 2.75) is 26.4 Å². The van der Waals surface area contributed by atoms with Gasteiger partial charge in [0.15, 0.2) is 0 Å². The third-order valence-electron chi connectivity index (χ3n) is 4.50. The Hall–Kier alpha value is -1.81. The van der Waals surface area contributed by atoms with E-state index < -0.39 is 0 Å². The smallest absolute Gasteiger partial charge is 0.0945 e. The van der Waals surface area contributed by atoms with Crippen molar-refractivity contribution in [2.75, 3.05) is 24.5 Å². The molecule has 21 heavy (non-hydrogen) atoms. The van der Waals surface area contributed by atoms with Crippen LogP contribution >= 0.6 is 0 Å². The van der Waals surface area contributed by atoms with Gasteiger partial charge in [0.25, 0.3) is 0 Å². The molecule has 0 N–H and O–H groups in total. The number of nitrogens with zero attached hydrogens (tertiary/aromatic N) is 4. The third-order valence-corrected chi connectivity index (χ3v) is 4.50. The summed E-state index contributed by atoms with van der Waals surface area (Å²) in [7, 11) is 2.07. The van der Waals surface area contributed by atoms with E-state index in [9.17, 15) is 0 Å². The zero-order valence-corrected chi connectivity index (χ0v) is 13.2. The standard InChI is InChI=1S/C17H24N4/c1-14-6-4-5-7-17(14)21-9-8-20(15(2)11-21)12-16-10-18-13-19(16)3/h4-7,10,13,15H,8-9,11-12H2,1-3H3/t15-/m0/s1. The number of aromatic nitrogens is 2. The first-order valence-electron chi connectivity index (χ1n) is 7.65. The maximum atomic E-state index is 4.21. The molecule has 0 amide bonds. The highest BCUT2D eigenvalue weighted by Gasteiger charge is 2.24. The molecule has 1 aliphatic heterocycles. The number of hydrogen-bond acceptors (Lipinski definition) is 3. The van der Waals surface area contributed by atoms with Gasteiger partial charge in [0.2, 0.25) is 0 Å². The van der Waals surface area contributed by atoms with Crippen LogP contribution in [0.4, 0.5) is 5.69 Å².